The van der Waals surface area contributed by atoms with E-state index in [9.17, 15) is 4.79 Å². The predicted octanol–water partition coefficient (Wildman–Crippen LogP) is 4.43. The van der Waals surface area contributed by atoms with Crippen LogP contribution in [0.3, 0.4) is 0 Å². The average Bonchev–Trinajstić information content (AvgIpc) is 2.60. The molecule has 0 aliphatic heterocycles. The number of hydrogen-bond donors (Lipinski definition) is 2. The molecular weight excluding hydrogens is 324 g/mol. The van der Waals surface area contributed by atoms with E-state index in [1.54, 1.807) is 12.1 Å². The molecule has 0 aliphatic rings. The van der Waals surface area contributed by atoms with Gasteiger partial charge in [-0.2, -0.15) is 0 Å². The van der Waals surface area contributed by atoms with Gasteiger partial charge >= 0.3 is 0 Å². The highest BCUT2D eigenvalue weighted by atomic mass is 35.5. The zero-order chi connectivity index (χ0) is 16.9. The molecular formula is C18H15ClN4O. The van der Waals surface area contributed by atoms with E-state index in [1.807, 2.05) is 55.5 Å². The number of halogens is 1. The standard InChI is InChI=1S/C18H15ClN4O/c1-12-7-8-14(11-15(12)19)20-17-10-9-16(22-23-17)18(24)21-13-5-3-2-4-6-13/h2-11H,1H3,(H,20,23)(H,21,24). The number of nitrogens with zero attached hydrogens (tertiary/aromatic N) is 2. The van der Waals surface area contributed by atoms with Crippen LogP contribution in [-0.2, 0) is 0 Å². The Morgan fingerprint density at radius 3 is 2.42 bits per heavy atom. The number of amides is 1. The van der Waals surface area contributed by atoms with E-state index in [2.05, 4.69) is 20.8 Å². The Kier molecular flexibility index (Phi) is 4.72. The highest BCUT2D eigenvalue weighted by molar-refractivity contribution is 6.31. The number of benzene rings is 2. The van der Waals surface area contributed by atoms with E-state index in [1.165, 1.54) is 0 Å². The van der Waals surface area contributed by atoms with Gasteiger partial charge in [-0.15, -0.1) is 10.2 Å². The van der Waals surface area contributed by atoms with E-state index in [0.717, 1.165) is 11.3 Å². The van der Waals surface area contributed by atoms with Crippen molar-refractivity contribution in [3.63, 3.8) is 0 Å². The molecule has 0 bridgehead atoms. The van der Waals surface area contributed by atoms with Gasteiger partial charge in [-0.05, 0) is 48.9 Å². The van der Waals surface area contributed by atoms with Crippen molar-refractivity contribution in [2.75, 3.05) is 10.6 Å². The van der Waals surface area contributed by atoms with Crippen LogP contribution in [0.25, 0.3) is 0 Å². The lowest BCUT2D eigenvalue weighted by Crippen LogP contribution is -2.14. The number of rotatable bonds is 4. The van der Waals surface area contributed by atoms with Crippen molar-refractivity contribution in [3.8, 4) is 0 Å². The molecule has 0 fully saturated rings. The van der Waals surface area contributed by atoms with E-state index in [0.29, 0.717) is 16.5 Å². The summed E-state index contributed by atoms with van der Waals surface area (Å²) in [5.41, 5.74) is 2.76. The normalized spacial score (nSPS) is 10.2. The van der Waals surface area contributed by atoms with E-state index < -0.39 is 0 Å². The first-order valence-electron chi connectivity index (χ1n) is 7.35. The topological polar surface area (TPSA) is 66.9 Å². The molecule has 0 saturated heterocycles. The summed E-state index contributed by atoms with van der Waals surface area (Å²) in [6, 6.07) is 18.1. The third kappa shape index (κ3) is 3.88. The van der Waals surface area contributed by atoms with Crippen molar-refractivity contribution in [2.24, 2.45) is 0 Å². The molecule has 0 saturated carbocycles. The Bertz CT molecular complexity index is 851. The van der Waals surface area contributed by atoms with Crippen molar-refractivity contribution in [1.82, 2.24) is 10.2 Å². The second kappa shape index (κ2) is 7.10. The molecule has 1 aromatic heterocycles. The molecule has 1 amide bonds. The minimum absolute atomic E-state index is 0.242. The molecule has 0 unspecified atom stereocenters. The molecule has 120 valence electrons. The fourth-order valence-electron chi connectivity index (χ4n) is 2.06. The monoisotopic (exact) mass is 338 g/mol. The number of hydrogen-bond acceptors (Lipinski definition) is 4. The van der Waals surface area contributed by atoms with E-state index in [4.69, 9.17) is 11.6 Å². The van der Waals surface area contributed by atoms with Gasteiger partial charge < -0.3 is 10.6 Å². The van der Waals surface area contributed by atoms with E-state index in [-0.39, 0.29) is 11.6 Å². The predicted molar refractivity (Wildman–Crippen MR) is 95.9 cm³/mol. The van der Waals surface area contributed by atoms with Crippen LogP contribution in [0, 0.1) is 6.92 Å². The van der Waals surface area contributed by atoms with Gasteiger partial charge in [0.25, 0.3) is 5.91 Å². The Hall–Kier alpha value is -2.92. The highest BCUT2D eigenvalue weighted by Gasteiger charge is 2.09. The maximum absolute atomic E-state index is 12.1. The second-order valence-corrected chi connectivity index (χ2v) is 5.62. The van der Waals surface area contributed by atoms with Crippen molar-refractivity contribution >= 4 is 34.7 Å². The summed E-state index contributed by atoms with van der Waals surface area (Å²) in [5, 5.41) is 14.5. The van der Waals surface area contributed by atoms with Crippen molar-refractivity contribution in [3.05, 3.63) is 76.9 Å². The summed E-state index contributed by atoms with van der Waals surface area (Å²) in [5.74, 6) is 0.227. The molecule has 1 heterocycles. The molecule has 0 atom stereocenters. The molecule has 0 aliphatic carbocycles. The van der Waals surface area contributed by atoms with Gasteiger partial charge in [0, 0.05) is 16.4 Å². The fraction of sp³-hybridized carbons (Fsp3) is 0.0556. The number of aryl methyl sites for hydroxylation is 1. The summed E-state index contributed by atoms with van der Waals surface area (Å²) in [4.78, 5) is 12.1. The van der Waals surface area contributed by atoms with Crippen molar-refractivity contribution < 1.29 is 4.79 Å². The molecule has 2 N–H and O–H groups in total. The van der Waals surface area contributed by atoms with Gasteiger partial charge in [-0.25, -0.2) is 0 Å². The van der Waals surface area contributed by atoms with Gasteiger partial charge in [0.05, 0.1) is 0 Å². The van der Waals surface area contributed by atoms with Gasteiger partial charge in [-0.3, -0.25) is 4.79 Å². The Labute approximate surface area is 144 Å². The van der Waals surface area contributed by atoms with E-state index >= 15 is 0 Å². The number of aromatic nitrogens is 2. The second-order valence-electron chi connectivity index (χ2n) is 5.21. The van der Waals surface area contributed by atoms with Crippen LogP contribution >= 0.6 is 11.6 Å². The molecule has 2 aromatic carbocycles. The zero-order valence-corrected chi connectivity index (χ0v) is 13.7. The molecule has 6 heteroatoms. The molecule has 5 nitrogen and oxygen atoms in total. The van der Waals surface area contributed by atoms with Crippen LogP contribution in [0.2, 0.25) is 5.02 Å². The SMILES string of the molecule is Cc1ccc(Nc2ccc(C(=O)Nc3ccccc3)nn2)cc1Cl. The quantitative estimate of drug-likeness (QED) is 0.738. The number of anilines is 3. The number of para-hydroxylation sites is 1. The van der Waals surface area contributed by atoms with Crippen LogP contribution < -0.4 is 10.6 Å². The Balaban J connectivity index is 1.68. The lowest BCUT2D eigenvalue weighted by Gasteiger charge is -2.07. The zero-order valence-electron chi connectivity index (χ0n) is 13.0. The first kappa shape index (κ1) is 16.0. The lowest BCUT2D eigenvalue weighted by atomic mass is 10.2. The minimum Gasteiger partial charge on any atom is -0.339 e. The van der Waals surface area contributed by atoms with Crippen LogP contribution in [0.1, 0.15) is 16.1 Å². The van der Waals surface area contributed by atoms with Gasteiger partial charge in [0.15, 0.2) is 11.5 Å². The first-order chi connectivity index (χ1) is 11.6. The summed E-state index contributed by atoms with van der Waals surface area (Å²) < 4.78 is 0. The van der Waals surface area contributed by atoms with Crippen molar-refractivity contribution in [1.29, 1.82) is 0 Å². The molecule has 3 aromatic rings. The molecule has 0 radical (unpaired) electrons. The van der Waals surface area contributed by atoms with Crippen LogP contribution in [0.4, 0.5) is 17.2 Å². The van der Waals surface area contributed by atoms with Crippen molar-refractivity contribution in [2.45, 2.75) is 6.92 Å². The average molecular weight is 339 g/mol. The fourth-order valence-corrected chi connectivity index (χ4v) is 2.24. The van der Waals surface area contributed by atoms with Gasteiger partial charge in [0.2, 0.25) is 0 Å². The smallest absolute Gasteiger partial charge is 0.276 e. The first-order valence-corrected chi connectivity index (χ1v) is 7.73. The third-order valence-electron chi connectivity index (χ3n) is 3.37. The van der Waals surface area contributed by atoms with Gasteiger partial charge in [-0.1, -0.05) is 35.9 Å². The molecule has 0 spiro atoms. The Morgan fingerprint density at radius 1 is 0.958 bits per heavy atom. The summed E-state index contributed by atoms with van der Waals surface area (Å²) in [6.45, 7) is 1.94. The maximum atomic E-state index is 12.1. The van der Waals surface area contributed by atoms with Gasteiger partial charge in [0.1, 0.15) is 0 Å². The van der Waals surface area contributed by atoms with Crippen LogP contribution in [0.5, 0.6) is 0 Å². The summed E-state index contributed by atoms with van der Waals surface area (Å²) in [6.07, 6.45) is 0. The Morgan fingerprint density at radius 2 is 1.75 bits per heavy atom. The summed E-state index contributed by atoms with van der Waals surface area (Å²) >= 11 is 6.09. The highest BCUT2D eigenvalue weighted by Crippen LogP contribution is 2.22. The van der Waals surface area contributed by atoms with Crippen LogP contribution in [-0.4, -0.2) is 16.1 Å². The summed E-state index contributed by atoms with van der Waals surface area (Å²) in [7, 11) is 0. The largest absolute Gasteiger partial charge is 0.339 e. The lowest BCUT2D eigenvalue weighted by molar-refractivity contribution is 0.102. The number of nitrogens with one attached hydrogen (secondary N) is 2. The molecule has 24 heavy (non-hydrogen) atoms. The number of carbonyl (C=O) groups excluding carboxylic acids is 1. The maximum Gasteiger partial charge on any atom is 0.276 e. The number of carbonyl (C=O) groups is 1. The van der Waals surface area contributed by atoms with Crippen LogP contribution in [0.15, 0.2) is 60.7 Å². The minimum atomic E-state index is -0.307. The third-order valence-corrected chi connectivity index (χ3v) is 3.78. The molecule has 3 rings (SSSR count).